The van der Waals surface area contributed by atoms with Crippen LogP contribution in [0, 0.1) is 6.92 Å². The Labute approximate surface area is 100 Å². The number of hydrogen-bond acceptors (Lipinski definition) is 3. The van der Waals surface area contributed by atoms with Crippen LogP contribution < -0.4 is 11.1 Å². The Hall–Kier alpha value is -1.48. The van der Waals surface area contributed by atoms with Crippen LogP contribution in [0.4, 0.5) is 11.4 Å². The molecule has 0 aliphatic carbocycles. The van der Waals surface area contributed by atoms with Crippen molar-refractivity contribution in [2.24, 2.45) is 0 Å². The van der Waals surface area contributed by atoms with Gasteiger partial charge in [-0.15, -0.1) is 11.3 Å². The summed E-state index contributed by atoms with van der Waals surface area (Å²) in [5.41, 5.74) is 8.87. The molecule has 16 heavy (non-hydrogen) atoms. The van der Waals surface area contributed by atoms with E-state index in [0.29, 0.717) is 6.04 Å². The first kappa shape index (κ1) is 11.0. The molecular weight excluding hydrogens is 216 g/mol. The third-order valence-corrected chi connectivity index (χ3v) is 3.65. The quantitative estimate of drug-likeness (QED) is 0.790. The van der Waals surface area contributed by atoms with Gasteiger partial charge in [0.15, 0.2) is 0 Å². The predicted molar refractivity (Wildman–Crippen MR) is 71.9 cm³/mol. The summed E-state index contributed by atoms with van der Waals surface area (Å²) in [6, 6.07) is 10.5. The molecule has 1 unspecified atom stereocenters. The average Bonchev–Trinajstić information content (AvgIpc) is 2.75. The molecule has 0 radical (unpaired) electrons. The molecule has 3 N–H and O–H groups in total. The Bertz CT molecular complexity index is 463. The van der Waals surface area contributed by atoms with E-state index in [1.165, 1.54) is 10.4 Å². The lowest BCUT2D eigenvalue weighted by atomic mass is 10.1. The molecule has 1 aromatic heterocycles. The first-order valence-corrected chi connectivity index (χ1v) is 6.21. The van der Waals surface area contributed by atoms with E-state index < -0.39 is 0 Å². The van der Waals surface area contributed by atoms with Crippen molar-refractivity contribution in [2.75, 3.05) is 11.1 Å². The van der Waals surface area contributed by atoms with Gasteiger partial charge in [-0.05, 0) is 49.1 Å². The molecule has 2 aromatic rings. The van der Waals surface area contributed by atoms with E-state index >= 15 is 0 Å². The van der Waals surface area contributed by atoms with E-state index in [9.17, 15) is 0 Å². The minimum atomic E-state index is 0.335. The van der Waals surface area contributed by atoms with Crippen LogP contribution in [-0.4, -0.2) is 0 Å². The summed E-state index contributed by atoms with van der Waals surface area (Å²) in [6.07, 6.45) is 0. The van der Waals surface area contributed by atoms with Gasteiger partial charge in [0.1, 0.15) is 0 Å². The monoisotopic (exact) mass is 232 g/mol. The lowest BCUT2D eigenvalue weighted by Gasteiger charge is -2.16. The molecular formula is C13H16N2S. The van der Waals surface area contributed by atoms with Crippen LogP contribution in [0.25, 0.3) is 0 Å². The highest BCUT2D eigenvalue weighted by Gasteiger charge is 2.07. The summed E-state index contributed by atoms with van der Waals surface area (Å²) in [5.74, 6) is 0. The summed E-state index contributed by atoms with van der Waals surface area (Å²) < 4.78 is 0. The normalized spacial score (nSPS) is 12.4. The van der Waals surface area contributed by atoms with Gasteiger partial charge in [0.05, 0.1) is 6.04 Å². The van der Waals surface area contributed by atoms with Gasteiger partial charge in [0.25, 0.3) is 0 Å². The number of aryl methyl sites for hydroxylation is 1. The van der Waals surface area contributed by atoms with Crippen LogP contribution in [0.15, 0.2) is 35.7 Å². The number of hydrogen-bond donors (Lipinski definition) is 2. The topological polar surface area (TPSA) is 38.0 Å². The van der Waals surface area contributed by atoms with E-state index in [4.69, 9.17) is 5.73 Å². The largest absolute Gasteiger partial charge is 0.399 e. The number of nitrogens with one attached hydrogen (secondary N) is 1. The van der Waals surface area contributed by atoms with Crippen LogP contribution in [0.1, 0.15) is 23.4 Å². The van der Waals surface area contributed by atoms with E-state index in [1.54, 1.807) is 11.3 Å². The molecule has 0 amide bonds. The second kappa shape index (κ2) is 4.58. The Morgan fingerprint density at radius 2 is 2.12 bits per heavy atom. The molecule has 1 atom stereocenters. The first-order chi connectivity index (χ1) is 7.66. The predicted octanol–water partition coefficient (Wildman–Crippen LogP) is 3.81. The minimum absolute atomic E-state index is 0.335. The summed E-state index contributed by atoms with van der Waals surface area (Å²) in [7, 11) is 0. The number of benzene rings is 1. The van der Waals surface area contributed by atoms with Gasteiger partial charge in [0, 0.05) is 16.3 Å². The van der Waals surface area contributed by atoms with Crippen molar-refractivity contribution in [3.05, 3.63) is 46.2 Å². The van der Waals surface area contributed by atoms with Crippen LogP contribution in [0.3, 0.4) is 0 Å². The number of anilines is 2. The SMILES string of the molecule is Cc1cc(N)ccc1NC(C)c1cccs1. The maximum absolute atomic E-state index is 5.73. The van der Waals surface area contributed by atoms with Gasteiger partial charge in [-0.3, -0.25) is 0 Å². The van der Waals surface area contributed by atoms with Gasteiger partial charge < -0.3 is 11.1 Å². The van der Waals surface area contributed by atoms with Crippen LogP contribution in [-0.2, 0) is 0 Å². The average molecular weight is 232 g/mol. The van der Waals surface area contributed by atoms with Gasteiger partial charge in [-0.1, -0.05) is 6.07 Å². The van der Waals surface area contributed by atoms with Crippen molar-refractivity contribution in [1.82, 2.24) is 0 Å². The maximum Gasteiger partial charge on any atom is 0.0578 e. The van der Waals surface area contributed by atoms with Crippen molar-refractivity contribution < 1.29 is 0 Å². The zero-order valence-electron chi connectivity index (χ0n) is 9.53. The lowest BCUT2D eigenvalue weighted by molar-refractivity contribution is 0.906. The minimum Gasteiger partial charge on any atom is -0.399 e. The van der Waals surface area contributed by atoms with E-state index in [1.807, 2.05) is 18.2 Å². The fourth-order valence-corrected chi connectivity index (χ4v) is 2.43. The number of nitrogens with two attached hydrogens (primary N) is 1. The molecule has 0 spiro atoms. The molecule has 2 rings (SSSR count). The molecule has 0 aliphatic rings. The number of thiophene rings is 1. The highest BCUT2D eigenvalue weighted by molar-refractivity contribution is 7.10. The summed E-state index contributed by atoms with van der Waals surface area (Å²) in [6.45, 7) is 4.24. The van der Waals surface area contributed by atoms with E-state index in [-0.39, 0.29) is 0 Å². The third-order valence-electron chi connectivity index (χ3n) is 2.59. The molecule has 84 valence electrons. The Balaban J connectivity index is 2.15. The van der Waals surface area contributed by atoms with E-state index in [2.05, 4.69) is 36.7 Å². The molecule has 2 nitrogen and oxygen atoms in total. The van der Waals surface area contributed by atoms with Crippen molar-refractivity contribution >= 4 is 22.7 Å². The van der Waals surface area contributed by atoms with Gasteiger partial charge in [-0.2, -0.15) is 0 Å². The number of rotatable bonds is 3. The van der Waals surface area contributed by atoms with Crippen molar-refractivity contribution in [2.45, 2.75) is 19.9 Å². The molecule has 0 saturated heterocycles. The van der Waals surface area contributed by atoms with Crippen molar-refractivity contribution in [3.63, 3.8) is 0 Å². The van der Waals surface area contributed by atoms with Crippen LogP contribution in [0.5, 0.6) is 0 Å². The second-order valence-electron chi connectivity index (χ2n) is 3.96. The molecule has 1 aromatic carbocycles. The first-order valence-electron chi connectivity index (χ1n) is 5.33. The van der Waals surface area contributed by atoms with Crippen molar-refractivity contribution in [1.29, 1.82) is 0 Å². The standard InChI is InChI=1S/C13H16N2S/c1-9-8-11(14)5-6-12(9)15-10(2)13-4-3-7-16-13/h3-8,10,15H,14H2,1-2H3. The Morgan fingerprint density at radius 1 is 1.31 bits per heavy atom. The molecule has 3 heteroatoms. The highest BCUT2D eigenvalue weighted by atomic mass is 32.1. The maximum atomic E-state index is 5.73. The van der Waals surface area contributed by atoms with E-state index in [0.717, 1.165) is 11.4 Å². The molecule has 0 aliphatic heterocycles. The molecule has 0 saturated carbocycles. The van der Waals surface area contributed by atoms with Crippen LogP contribution in [0.2, 0.25) is 0 Å². The Kier molecular flexibility index (Phi) is 3.15. The van der Waals surface area contributed by atoms with Crippen LogP contribution >= 0.6 is 11.3 Å². The Morgan fingerprint density at radius 3 is 2.75 bits per heavy atom. The van der Waals surface area contributed by atoms with Gasteiger partial charge >= 0.3 is 0 Å². The van der Waals surface area contributed by atoms with Gasteiger partial charge in [-0.25, -0.2) is 0 Å². The molecule has 1 heterocycles. The zero-order valence-corrected chi connectivity index (χ0v) is 10.3. The second-order valence-corrected chi connectivity index (χ2v) is 4.94. The third kappa shape index (κ3) is 2.36. The van der Waals surface area contributed by atoms with Gasteiger partial charge in [0.2, 0.25) is 0 Å². The lowest BCUT2D eigenvalue weighted by Crippen LogP contribution is -2.06. The number of nitrogen functional groups attached to an aromatic ring is 1. The highest BCUT2D eigenvalue weighted by Crippen LogP contribution is 2.25. The molecule has 0 bridgehead atoms. The zero-order chi connectivity index (χ0) is 11.5. The molecule has 0 fully saturated rings. The fraction of sp³-hybridized carbons (Fsp3) is 0.231. The summed E-state index contributed by atoms with van der Waals surface area (Å²) in [5, 5.41) is 5.60. The summed E-state index contributed by atoms with van der Waals surface area (Å²) in [4.78, 5) is 1.34. The van der Waals surface area contributed by atoms with Crippen molar-refractivity contribution in [3.8, 4) is 0 Å². The fourth-order valence-electron chi connectivity index (χ4n) is 1.69. The smallest absolute Gasteiger partial charge is 0.0578 e. The summed E-state index contributed by atoms with van der Waals surface area (Å²) >= 11 is 1.77.